The monoisotopic (exact) mass is 395 g/mol. The van der Waals surface area contributed by atoms with Crippen molar-refractivity contribution in [2.24, 2.45) is 0 Å². The number of rotatable bonds is 4. The summed E-state index contributed by atoms with van der Waals surface area (Å²) in [6.07, 6.45) is 5.13. The standard InChI is InChI=1S/C20H18ClN5O2/c21-17-5-2-12-1-3-13(9-16(12)25-17)27-10-14-4-6-18(28-14)26-8-7-15-19(22)23-11-24-20(15)26/h1-3,5,7-9,11,14,18H,4,6,10H2,(H2,22,23,24)/t14-,18+/m0/s1. The molecule has 0 aliphatic carbocycles. The van der Waals surface area contributed by atoms with Crippen molar-refractivity contribution < 1.29 is 9.47 Å². The van der Waals surface area contributed by atoms with Crippen LogP contribution in [0.2, 0.25) is 5.15 Å². The van der Waals surface area contributed by atoms with Crippen molar-refractivity contribution in [2.75, 3.05) is 12.3 Å². The third kappa shape index (κ3) is 3.12. The van der Waals surface area contributed by atoms with E-state index < -0.39 is 0 Å². The minimum atomic E-state index is -0.0857. The lowest BCUT2D eigenvalue weighted by atomic mass is 10.2. The number of hydrogen-bond acceptors (Lipinski definition) is 6. The lowest BCUT2D eigenvalue weighted by Crippen LogP contribution is -2.18. The van der Waals surface area contributed by atoms with Crippen LogP contribution in [0.3, 0.4) is 0 Å². The Kier molecular flexibility index (Phi) is 4.26. The van der Waals surface area contributed by atoms with Crippen LogP contribution in [0.25, 0.3) is 21.9 Å². The lowest BCUT2D eigenvalue weighted by molar-refractivity contribution is -0.0156. The topological polar surface area (TPSA) is 88.1 Å². The van der Waals surface area contributed by atoms with Crippen molar-refractivity contribution in [1.29, 1.82) is 0 Å². The molecule has 1 saturated heterocycles. The van der Waals surface area contributed by atoms with Crippen molar-refractivity contribution in [1.82, 2.24) is 19.5 Å². The van der Waals surface area contributed by atoms with Crippen LogP contribution in [-0.4, -0.2) is 32.2 Å². The molecule has 5 rings (SSSR count). The molecule has 142 valence electrons. The van der Waals surface area contributed by atoms with E-state index in [0.717, 1.165) is 40.5 Å². The van der Waals surface area contributed by atoms with Gasteiger partial charge in [-0.05, 0) is 43.2 Å². The molecule has 1 aliphatic heterocycles. The fourth-order valence-electron chi connectivity index (χ4n) is 3.59. The van der Waals surface area contributed by atoms with Gasteiger partial charge in [-0.2, -0.15) is 0 Å². The highest BCUT2D eigenvalue weighted by atomic mass is 35.5. The molecule has 8 heteroatoms. The summed E-state index contributed by atoms with van der Waals surface area (Å²) in [6.45, 7) is 0.471. The quantitative estimate of drug-likeness (QED) is 0.526. The first-order chi connectivity index (χ1) is 13.7. The number of benzene rings is 1. The smallest absolute Gasteiger partial charge is 0.147 e. The van der Waals surface area contributed by atoms with Crippen molar-refractivity contribution in [3.63, 3.8) is 0 Å². The molecule has 2 N–H and O–H groups in total. The first-order valence-corrected chi connectivity index (χ1v) is 9.47. The van der Waals surface area contributed by atoms with E-state index in [1.54, 1.807) is 6.07 Å². The van der Waals surface area contributed by atoms with Gasteiger partial charge in [0.25, 0.3) is 0 Å². The van der Waals surface area contributed by atoms with E-state index >= 15 is 0 Å². The third-order valence-corrected chi connectivity index (χ3v) is 5.21. The Morgan fingerprint density at radius 2 is 2.07 bits per heavy atom. The Morgan fingerprint density at radius 1 is 1.18 bits per heavy atom. The summed E-state index contributed by atoms with van der Waals surface area (Å²) in [6, 6.07) is 11.4. The summed E-state index contributed by atoms with van der Waals surface area (Å²) >= 11 is 5.98. The van der Waals surface area contributed by atoms with E-state index in [9.17, 15) is 0 Å². The van der Waals surface area contributed by atoms with Crippen LogP contribution in [0.5, 0.6) is 5.75 Å². The Morgan fingerprint density at radius 3 is 3.00 bits per heavy atom. The van der Waals surface area contributed by atoms with Crippen LogP contribution >= 0.6 is 11.6 Å². The van der Waals surface area contributed by atoms with Crippen LogP contribution in [0.4, 0.5) is 5.82 Å². The summed E-state index contributed by atoms with van der Waals surface area (Å²) in [5, 5.41) is 2.33. The fraction of sp³-hybridized carbons (Fsp3) is 0.250. The second kappa shape index (κ2) is 6.92. The van der Waals surface area contributed by atoms with Crippen LogP contribution in [-0.2, 0) is 4.74 Å². The molecule has 1 aromatic carbocycles. The van der Waals surface area contributed by atoms with Gasteiger partial charge >= 0.3 is 0 Å². The normalized spacial score (nSPS) is 19.5. The van der Waals surface area contributed by atoms with E-state index in [1.165, 1.54) is 6.33 Å². The zero-order valence-electron chi connectivity index (χ0n) is 15.0. The van der Waals surface area contributed by atoms with Gasteiger partial charge in [0.05, 0.1) is 17.0 Å². The number of aromatic nitrogens is 4. The minimum absolute atomic E-state index is 0.00431. The largest absolute Gasteiger partial charge is 0.491 e. The van der Waals surface area contributed by atoms with Crippen LogP contribution in [0.15, 0.2) is 48.9 Å². The minimum Gasteiger partial charge on any atom is -0.491 e. The third-order valence-electron chi connectivity index (χ3n) is 5.00. The van der Waals surface area contributed by atoms with E-state index in [1.807, 2.05) is 41.1 Å². The van der Waals surface area contributed by atoms with Gasteiger partial charge in [0.15, 0.2) is 0 Å². The number of pyridine rings is 1. The van der Waals surface area contributed by atoms with Crippen molar-refractivity contribution in [3.05, 3.63) is 54.1 Å². The number of hydrogen-bond donors (Lipinski definition) is 1. The van der Waals surface area contributed by atoms with Gasteiger partial charge in [-0.25, -0.2) is 15.0 Å². The summed E-state index contributed by atoms with van der Waals surface area (Å²) in [5.74, 6) is 1.23. The number of nitrogens with zero attached hydrogens (tertiary/aromatic N) is 4. The SMILES string of the molecule is Nc1ncnc2c1ccn2[C@H]1CC[C@@H](COc2ccc3ccc(Cl)nc3c2)O1. The van der Waals surface area contributed by atoms with E-state index in [2.05, 4.69) is 15.0 Å². The molecule has 0 unspecified atom stereocenters. The highest BCUT2D eigenvalue weighted by molar-refractivity contribution is 6.29. The predicted octanol–water partition coefficient (Wildman–Crippen LogP) is 3.97. The summed E-state index contributed by atoms with van der Waals surface area (Å²) in [7, 11) is 0. The van der Waals surface area contributed by atoms with Gasteiger partial charge in [-0.15, -0.1) is 0 Å². The zero-order chi connectivity index (χ0) is 19.1. The molecule has 7 nitrogen and oxygen atoms in total. The predicted molar refractivity (Wildman–Crippen MR) is 107 cm³/mol. The van der Waals surface area contributed by atoms with Gasteiger partial charge in [0, 0.05) is 17.6 Å². The van der Waals surface area contributed by atoms with E-state index in [4.69, 9.17) is 26.8 Å². The maximum atomic E-state index is 6.18. The summed E-state index contributed by atoms with van der Waals surface area (Å²) < 4.78 is 14.1. The summed E-state index contributed by atoms with van der Waals surface area (Å²) in [4.78, 5) is 12.7. The number of ether oxygens (including phenoxy) is 2. The molecule has 1 fully saturated rings. The number of nitrogens with two attached hydrogens (primary N) is 1. The van der Waals surface area contributed by atoms with Gasteiger partial charge in [-0.1, -0.05) is 11.6 Å². The maximum absolute atomic E-state index is 6.18. The fourth-order valence-corrected chi connectivity index (χ4v) is 3.74. The number of nitrogen functional groups attached to an aromatic ring is 1. The molecular weight excluding hydrogens is 378 g/mol. The van der Waals surface area contributed by atoms with Crippen molar-refractivity contribution >= 4 is 39.4 Å². The Labute approximate surface area is 166 Å². The van der Waals surface area contributed by atoms with Gasteiger partial charge in [0.1, 0.15) is 41.5 Å². The molecule has 1 aliphatic rings. The van der Waals surface area contributed by atoms with Gasteiger partial charge in [-0.3, -0.25) is 0 Å². The molecule has 0 spiro atoms. The Balaban J connectivity index is 1.27. The Bertz CT molecular complexity index is 1160. The molecule has 2 atom stereocenters. The molecule has 0 radical (unpaired) electrons. The van der Waals surface area contributed by atoms with Crippen LogP contribution in [0.1, 0.15) is 19.1 Å². The first-order valence-electron chi connectivity index (χ1n) is 9.09. The summed E-state index contributed by atoms with van der Waals surface area (Å²) in [5.41, 5.74) is 7.52. The average Bonchev–Trinajstić information content (AvgIpc) is 3.33. The number of anilines is 1. The highest BCUT2D eigenvalue weighted by Gasteiger charge is 2.28. The molecule has 0 amide bonds. The molecule has 3 aromatic heterocycles. The van der Waals surface area contributed by atoms with Crippen molar-refractivity contribution in [3.8, 4) is 5.75 Å². The van der Waals surface area contributed by atoms with Gasteiger partial charge < -0.3 is 19.8 Å². The second-order valence-corrected chi connectivity index (χ2v) is 7.20. The van der Waals surface area contributed by atoms with Crippen LogP contribution < -0.4 is 10.5 Å². The van der Waals surface area contributed by atoms with Gasteiger partial charge in [0.2, 0.25) is 0 Å². The first kappa shape index (κ1) is 17.2. The van der Waals surface area contributed by atoms with Crippen LogP contribution in [0, 0.1) is 0 Å². The number of fused-ring (bicyclic) bond motifs is 2. The zero-order valence-corrected chi connectivity index (χ0v) is 15.7. The molecule has 0 saturated carbocycles. The molecule has 0 bridgehead atoms. The molecule has 28 heavy (non-hydrogen) atoms. The molecular formula is C20H18ClN5O2. The van der Waals surface area contributed by atoms with E-state index in [0.29, 0.717) is 17.6 Å². The average molecular weight is 396 g/mol. The molecule has 4 aromatic rings. The maximum Gasteiger partial charge on any atom is 0.147 e. The Hall–Kier alpha value is -2.90. The lowest BCUT2D eigenvalue weighted by Gasteiger charge is -2.16. The number of halogens is 1. The molecule has 4 heterocycles. The van der Waals surface area contributed by atoms with Crippen molar-refractivity contribution in [2.45, 2.75) is 25.2 Å². The highest BCUT2D eigenvalue weighted by Crippen LogP contribution is 2.32. The van der Waals surface area contributed by atoms with E-state index in [-0.39, 0.29) is 12.3 Å². The second-order valence-electron chi connectivity index (χ2n) is 6.81.